The molecule has 6 heteroatoms. The summed E-state index contributed by atoms with van der Waals surface area (Å²) in [5, 5.41) is 10.7. The van der Waals surface area contributed by atoms with Gasteiger partial charge in [0.15, 0.2) is 5.69 Å². The largest absolute Gasteiger partial charge is 0.308 e. The lowest BCUT2D eigenvalue weighted by molar-refractivity contribution is 0.102. The van der Waals surface area contributed by atoms with E-state index in [1.54, 1.807) is 10.7 Å². The topological polar surface area (TPSA) is 71.8 Å². The molecule has 0 unspecified atom stereocenters. The van der Waals surface area contributed by atoms with Crippen LogP contribution in [0.2, 0.25) is 0 Å². The monoisotopic (exact) mass is 333 g/mol. The fraction of sp³-hybridized carbons (Fsp3) is 0.211. The van der Waals surface area contributed by atoms with Gasteiger partial charge in [0.25, 0.3) is 5.91 Å². The van der Waals surface area contributed by atoms with Gasteiger partial charge >= 0.3 is 0 Å². The van der Waals surface area contributed by atoms with E-state index >= 15 is 0 Å². The number of nitrogens with one attached hydrogen (secondary N) is 2. The van der Waals surface area contributed by atoms with Crippen LogP contribution in [0.15, 0.2) is 42.5 Å². The van der Waals surface area contributed by atoms with Gasteiger partial charge in [-0.05, 0) is 24.6 Å². The highest BCUT2D eigenvalue weighted by Crippen LogP contribution is 2.31. The lowest BCUT2D eigenvalue weighted by atomic mass is 10.0. The molecule has 25 heavy (non-hydrogen) atoms. The lowest BCUT2D eigenvalue weighted by Crippen LogP contribution is -2.18. The normalized spacial score (nSPS) is 12.9. The Morgan fingerprint density at radius 1 is 1.16 bits per heavy atom. The van der Waals surface area contributed by atoms with E-state index in [0.29, 0.717) is 18.1 Å². The number of aromatic nitrogens is 3. The van der Waals surface area contributed by atoms with Crippen molar-refractivity contribution >= 4 is 11.7 Å². The van der Waals surface area contributed by atoms with Gasteiger partial charge in [-0.15, -0.1) is 0 Å². The summed E-state index contributed by atoms with van der Waals surface area (Å²) < 4.78 is 1.79. The number of carbonyl (C=O) groups is 1. The first-order valence-corrected chi connectivity index (χ1v) is 8.23. The predicted molar refractivity (Wildman–Crippen MR) is 96.1 cm³/mol. The molecule has 6 nitrogen and oxygen atoms in total. The molecule has 3 heterocycles. The number of anilines is 1. The van der Waals surface area contributed by atoms with E-state index < -0.39 is 0 Å². The molecular formula is C19H19N5O. The summed E-state index contributed by atoms with van der Waals surface area (Å²) in [5.74, 6) is 0.294. The van der Waals surface area contributed by atoms with Crippen LogP contribution < -0.4 is 10.6 Å². The summed E-state index contributed by atoms with van der Waals surface area (Å²) in [6, 6.07) is 13.8. The molecule has 1 aromatic carbocycles. The summed E-state index contributed by atoms with van der Waals surface area (Å²) in [6.45, 7) is 3.26. The number of rotatable bonds is 2. The molecule has 2 N–H and O–H groups in total. The first-order valence-electron chi connectivity index (χ1n) is 8.23. The molecule has 126 valence electrons. The number of nitrogens with zero attached hydrogens (tertiary/aromatic N) is 3. The minimum Gasteiger partial charge on any atom is -0.308 e. The molecule has 4 rings (SSSR count). The number of carbonyl (C=O) groups excluding carboxylic acids is 1. The van der Waals surface area contributed by atoms with Gasteiger partial charge in [0.05, 0.1) is 5.69 Å². The van der Waals surface area contributed by atoms with Gasteiger partial charge in [-0.25, -0.2) is 4.98 Å². The second-order valence-electron chi connectivity index (χ2n) is 6.18. The van der Waals surface area contributed by atoms with Crippen LogP contribution >= 0.6 is 0 Å². The van der Waals surface area contributed by atoms with Crippen LogP contribution in [0.5, 0.6) is 0 Å². The molecule has 0 atom stereocenters. The first kappa shape index (κ1) is 15.5. The van der Waals surface area contributed by atoms with E-state index in [2.05, 4.69) is 32.8 Å². The number of benzene rings is 1. The number of hydrogen-bond donors (Lipinski definition) is 2. The number of amides is 1. The van der Waals surface area contributed by atoms with Crippen molar-refractivity contribution in [3.05, 3.63) is 65.0 Å². The second-order valence-corrected chi connectivity index (χ2v) is 6.18. The molecule has 0 fully saturated rings. The fourth-order valence-electron chi connectivity index (χ4n) is 3.27. The van der Waals surface area contributed by atoms with E-state index in [-0.39, 0.29) is 5.91 Å². The van der Waals surface area contributed by atoms with E-state index in [1.807, 2.05) is 38.2 Å². The van der Waals surface area contributed by atoms with E-state index in [4.69, 9.17) is 0 Å². The Kier molecular flexibility index (Phi) is 3.82. The van der Waals surface area contributed by atoms with Gasteiger partial charge in [-0.2, -0.15) is 5.10 Å². The third kappa shape index (κ3) is 2.81. The minimum absolute atomic E-state index is 0.240. The third-order valence-electron chi connectivity index (χ3n) is 4.38. The zero-order chi connectivity index (χ0) is 17.4. The predicted octanol–water partition coefficient (Wildman–Crippen LogP) is 2.65. The van der Waals surface area contributed by atoms with Crippen LogP contribution in [0.3, 0.4) is 0 Å². The van der Waals surface area contributed by atoms with Crippen molar-refractivity contribution in [3.63, 3.8) is 0 Å². The van der Waals surface area contributed by atoms with Crippen LogP contribution in [0.4, 0.5) is 5.82 Å². The minimum atomic E-state index is -0.240. The van der Waals surface area contributed by atoms with Gasteiger partial charge in [-0.1, -0.05) is 30.3 Å². The van der Waals surface area contributed by atoms with E-state index in [1.165, 1.54) is 5.56 Å². The average Bonchev–Trinajstić information content (AvgIpc) is 2.80. The third-order valence-corrected chi connectivity index (χ3v) is 4.38. The molecule has 0 spiro atoms. The molecule has 0 bridgehead atoms. The molecule has 2 aromatic heterocycles. The van der Waals surface area contributed by atoms with Gasteiger partial charge in [-0.3, -0.25) is 9.48 Å². The Balaban J connectivity index is 1.75. The highest BCUT2D eigenvalue weighted by molar-refractivity contribution is 6.04. The number of hydrogen-bond acceptors (Lipinski definition) is 4. The Bertz CT molecular complexity index is 960. The van der Waals surface area contributed by atoms with Crippen LogP contribution in [-0.4, -0.2) is 20.7 Å². The number of fused-ring (bicyclic) bond motifs is 3. The maximum Gasteiger partial charge on any atom is 0.277 e. The highest BCUT2D eigenvalue weighted by Gasteiger charge is 2.25. The fourth-order valence-corrected chi connectivity index (χ4v) is 3.27. The molecule has 0 saturated heterocycles. The van der Waals surface area contributed by atoms with Crippen molar-refractivity contribution < 1.29 is 4.79 Å². The van der Waals surface area contributed by atoms with Gasteiger partial charge < -0.3 is 10.6 Å². The second kappa shape index (κ2) is 6.14. The summed E-state index contributed by atoms with van der Waals surface area (Å²) in [6.07, 6.45) is 0. The Morgan fingerprint density at radius 3 is 2.84 bits per heavy atom. The van der Waals surface area contributed by atoms with Gasteiger partial charge in [0, 0.05) is 37.0 Å². The Morgan fingerprint density at radius 2 is 2.00 bits per heavy atom. The van der Waals surface area contributed by atoms with E-state index in [0.717, 1.165) is 29.1 Å². The van der Waals surface area contributed by atoms with Gasteiger partial charge in [0.1, 0.15) is 5.82 Å². The quantitative estimate of drug-likeness (QED) is 0.756. The summed E-state index contributed by atoms with van der Waals surface area (Å²) in [4.78, 5) is 17.1. The van der Waals surface area contributed by atoms with Crippen molar-refractivity contribution in [3.8, 4) is 11.3 Å². The van der Waals surface area contributed by atoms with E-state index in [9.17, 15) is 4.79 Å². The SMILES string of the molecule is Cc1cccc(NC(=O)c2nn(C)c3c2CNCc2ccccc2-3)n1. The number of aryl methyl sites for hydroxylation is 2. The summed E-state index contributed by atoms with van der Waals surface area (Å²) >= 11 is 0. The summed E-state index contributed by atoms with van der Waals surface area (Å²) in [7, 11) is 1.88. The smallest absolute Gasteiger partial charge is 0.277 e. The van der Waals surface area contributed by atoms with Crippen molar-refractivity contribution in [2.75, 3.05) is 5.32 Å². The Hall–Kier alpha value is -2.99. The van der Waals surface area contributed by atoms with Crippen LogP contribution in [-0.2, 0) is 20.1 Å². The maximum atomic E-state index is 12.8. The standard InChI is InChI=1S/C19H19N5O/c1-12-6-5-9-16(21-12)22-19(25)17-15-11-20-10-13-7-3-4-8-14(13)18(15)24(2)23-17/h3-9,20H,10-11H2,1-2H3,(H,21,22,25). The molecular weight excluding hydrogens is 314 g/mol. The number of pyridine rings is 1. The molecule has 0 aliphatic carbocycles. The molecule has 0 saturated carbocycles. The van der Waals surface area contributed by atoms with Crippen molar-refractivity contribution in [1.29, 1.82) is 0 Å². The average molecular weight is 333 g/mol. The zero-order valence-electron chi connectivity index (χ0n) is 14.2. The van der Waals surface area contributed by atoms with Crippen LogP contribution in [0.25, 0.3) is 11.3 Å². The van der Waals surface area contributed by atoms with Gasteiger partial charge in [0.2, 0.25) is 0 Å². The van der Waals surface area contributed by atoms with Crippen molar-refractivity contribution in [1.82, 2.24) is 20.1 Å². The molecule has 1 aliphatic rings. The molecule has 0 radical (unpaired) electrons. The van der Waals surface area contributed by atoms with Crippen LogP contribution in [0.1, 0.15) is 27.3 Å². The summed E-state index contributed by atoms with van der Waals surface area (Å²) in [5.41, 5.74) is 5.51. The highest BCUT2D eigenvalue weighted by atomic mass is 16.2. The molecule has 3 aromatic rings. The molecule has 1 amide bonds. The first-order chi connectivity index (χ1) is 12.1. The van der Waals surface area contributed by atoms with Crippen LogP contribution in [0, 0.1) is 6.92 Å². The zero-order valence-corrected chi connectivity index (χ0v) is 14.2. The van der Waals surface area contributed by atoms with Crippen molar-refractivity contribution in [2.45, 2.75) is 20.0 Å². The lowest BCUT2D eigenvalue weighted by Gasteiger charge is -2.06. The molecule has 1 aliphatic heterocycles. The van der Waals surface area contributed by atoms with Crippen molar-refractivity contribution in [2.24, 2.45) is 7.05 Å². The Labute approximate surface area is 145 Å². The maximum absolute atomic E-state index is 12.8.